The molecule has 0 atom stereocenters. The Kier molecular flexibility index (Phi) is 22.6. The highest BCUT2D eigenvalue weighted by atomic mass is 16.6. The van der Waals surface area contributed by atoms with E-state index in [1.807, 2.05) is 100 Å². The predicted molar refractivity (Wildman–Crippen MR) is 364 cm³/mol. The zero-order valence-corrected chi connectivity index (χ0v) is 52.0. The minimum absolute atomic E-state index is 0.00602. The van der Waals surface area contributed by atoms with Crippen LogP contribution in [0.2, 0.25) is 0 Å². The molecule has 1 amide bonds. The number of carbonyl (C=O) groups is 4. The van der Waals surface area contributed by atoms with Crippen LogP contribution in [0.15, 0.2) is 188 Å². The number of aromatic nitrogens is 12. The standard InChI is InChI=1S/C21H20N6O.C15H14N4O2.C8H6O3.C7H6N4O2.C7H8N4.C7H9N3O2/c1-27-20-11-10-16(12-19(20)25-26-27)23-13-14-6-8-15(9-7-14)21(28)24-18-5-3-2-4-17(18)22;1-19-14-7-6-12(8-13(14)17-18-19)16-9-10-2-4-11(5-3-10)15(20)21;9-5-6-1-3-7(4-2-6)8(10)11;1-10-7-3-2-5(11(12)13)4-6(7)8-9-10;1-11-7-3-2-5(8)4-6(7)9-10-11;1-9-7-3-2-5(10(11)12)4-6(7)8/h2-12,23H,13,22H2,1H3,(H,24,28);2-8,16H,9H2,1H3,(H,20,21);1-5H,(H,10,11);2-4H,1H3;2-4H,8H2,1H3;2-4,9H,8H2,1H3. The van der Waals surface area contributed by atoms with Gasteiger partial charge in [0, 0.05) is 101 Å². The molecule has 0 fully saturated rings. The Morgan fingerprint density at radius 1 is 0.479 bits per heavy atom. The van der Waals surface area contributed by atoms with Crippen molar-refractivity contribution in [1.29, 1.82) is 0 Å². The molecule has 12 N–H and O–H groups in total. The fourth-order valence-electron chi connectivity index (χ4n) is 8.85. The number of carboxylic acids is 2. The molecule has 0 unspecified atom stereocenters. The third kappa shape index (κ3) is 18.2. The number of rotatable bonds is 14. The third-order valence-corrected chi connectivity index (χ3v) is 14.1. The van der Waals surface area contributed by atoms with Crippen molar-refractivity contribution in [3.63, 3.8) is 0 Å². The van der Waals surface area contributed by atoms with Gasteiger partial charge in [0.25, 0.3) is 17.3 Å². The van der Waals surface area contributed by atoms with Gasteiger partial charge in [0.15, 0.2) is 0 Å². The molecule has 96 heavy (non-hydrogen) atoms. The molecule has 4 heterocycles. The van der Waals surface area contributed by atoms with Crippen molar-refractivity contribution >= 4 is 119 Å². The SMILES string of the molecule is CNc1ccc([N+](=O)[O-])cc1N.Cn1nnc2cc(N)ccc21.Cn1nnc2cc(NCc3ccc(C(=O)Nc4ccccc4N)cc3)ccc21.Cn1nnc2cc(NCc3ccc(C(=O)O)cc3)ccc21.Cn1nnc2cc([N+](=O)[O-])ccc21.O=Cc1ccc(C(=O)O)cc1. The molecule has 0 aliphatic rings. The van der Waals surface area contributed by atoms with E-state index in [1.165, 1.54) is 48.5 Å². The molecule has 31 heteroatoms. The lowest BCUT2D eigenvalue weighted by Crippen LogP contribution is -2.13. The van der Waals surface area contributed by atoms with Crippen molar-refractivity contribution in [3.05, 3.63) is 242 Å². The van der Waals surface area contributed by atoms with Crippen molar-refractivity contribution in [1.82, 2.24) is 60.0 Å². The summed E-state index contributed by atoms with van der Waals surface area (Å²) >= 11 is 0. The summed E-state index contributed by atoms with van der Waals surface area (Å²) in [5.41, 5.74) is 32.3. The van der Waals surface area contributed by atoms with E-state index in [1.54, 1.807) is 93.5 Å². The second-order valence-corrected chi connectivity index (χ2v) is 20.7. The van der Waals surface area contributed by atoms with E-state index in [9.17, 15) is 39.4 Å². The minimum atomic E-state index is -0.984. The zero-order chi connectivity index (χ0) is 69.0. The average molecular weight is 1300 g/mol. The van der Waals surface area contributed by atoms with E-state index in [-0.39, 0.29) is 22.8 Å². The van der Waals surface area contributed by atoms with E-state index in [0.717, 1.165) is 66.8 Å². The normalized spacial score (nSPS) is 10.3. The predicted octanol–water partition coefficient (Wildman–Crippen LogP) is 9.54. The number of hydrogen-bond acceptors (Lipinski definition) is 22. The molecule has 0 radical (unpaired) electrons. The number of fused-ring (bicyclic) bond motifs is 4. The number of aldehydes is 1. The highest BCUT2D eigenvalue weighted by Gasteiger charge is 2.12. The van der Waals surface area contributed by atoms with E-state index in [0.29, 0.717) is 64.3 Å². The molecule has 0 aliphatic carbocycles. The van der Waals surface area contributed by atoms with Crippen molar-refractivity contribution < 1.29 is 39.2 Å². The van der Waals surface area contributed by atoms with Gasteiger partial charge in [-0.25, -0.2) is 28.3 Å². The number of aryl methyl sites for hydroxylation is 4. The summed E-state index contributed by atoms with van der Waals surface area (Å²) in [6, 6.07) is 53.3. The van der Waals surface area contributed by atoms with Gasteiger partial charge in [0.2, 0.25) is 0 Å². The van der Waals surface area contributed by atoms with Gasteiger partial charge in [0.1, 0.15) is 28.4 Å². The van der Waals surface area contributed by atoms with Crippen LogP contribution < -0.4 is 38.5 Å². The summed E-state index contributed by atoms with van der Waals surface area (Å²) in [5.74, 6) is -2.09. The number of para-hydroxylation sites is 2. The van der Waals surface area contributed by atoms with Crippen LogP contribution in [0.1, 0.15) is 52.6 Å². The maximum Gasteiger partial charge on any atom is 0.335 e. The summed E-state index contributed by atoms with van der Waals surface area (Å²) in [5, 5.41) is 81.7. The first-order chi connectivity index (χ1) is 46.1. The third-order valence-electron chi connectivity index (χ3n) is 14.1. The van der Waals surface area contributed by atoms with Crippen molar-refractivity contribution in [2.45, 2.75) is 13.1 Å². The smallest absolute Gasteiger partial charge is 0.335 e. The van der Waals surface area contributed by atoms with Crippen LogP contribution in [0.25, 0.3) is 44.1 Å². The number of nitrogens with two attached hydrogens (primary N) is 3. The quantitative estimate of drug-likeness (QED) is 0.0212. The Balaban J connectivity index is 0.000000154. The number of benzene rings is 9. The number of aromatic carboxylic acids is 2. The number of amides is 1. The Hall–Kier alpha value is -13.7. The minimum Gasteiger partial charge on any atom is -0.478 e. The summed E-state index contributed by atoms with van der Waals surface area (Å²) in [6.07, 6.45) is 0.672. The van der Waals surface area contributed by atoms with Gasteiger partial charge >= 0.3 is 11.9 Å². The number of nitrogen functional groups attached to an aromatic ring is 3. The monoisotopic (exact) mass is 1300 g/mol. The van der Waals surface area contributed by atoms with Crippen molar-refractivity contribution in [2.24, 2.45) is 28.2 Å². The molecule has 13 aromatic rings. The van der Waals surface area contributed by atoms with Gasteiger partial charge in [0.05, 0.1) is 65.8 Å². The first-order valence-corrected chi connectivity index (χ1v) is 28.7. The summed E-state index contributed by atoms with van der Waals surface area (Å²) in [4.78, 5) is 63.4. The average Bonchev–Trinajstić information content (AvgIpc) is 1.75. The summed E-state index contributed by atoms with van der Waals surface area (Å²) < 4.78 is 6.75. The second-order valence-electron chi connectivity index (χ2n) is 20.7. The van der Waals surface area contributed by atoms with Gasteiger partial charge < -0.3 is 48.7 Å². The molecule has 13 rings (SSSR count). The number of carboxylic acid groups (broad SMARTS) is 2. The Labute approximate surface area is 545 Å². The summed E-state index contributed by atoms with van der Waals surface area (Å²) in [6.45, 7) is 1.25. The van der Waals surface area contributed by atoms with Crippen LogP contribution in [-0.4, -0.2) is 111 Å². The van der Waals surface area contributed by atoms with Crippen LogP contribution >= 0.6 is 0 Å². The molecule has 0 saturated heterocycles. The van der Waals surface area contributed by atoms with Crippen LogP contribution in [-0.2, 0) is 41.3 Å². The number of nitrogens with zero attached hydrogens (tertiary/aromatic N) is 14. The number of nitro groups is 2. The number of nitrogens with one attached hydrogen (secondary N) is 4. The van der Waals surface area contributed by atoms with Crippen LogP contribution in [0, 0.1) is 20.2 Å². The largest absolute Gasteiger partial charge is 0.478 e. The molecule has 9 aromatic carbocycles. The van der Waals surface area contributed by atoms with E-state index in [4.69, 9.17) is 27.4 Å². The second kappa shape index (κ2) is 31.8. The van der Waals surface area contributed by atoms with Gasteiger partial charge in [-0.15, -0.1) is 20.4 Å². The van der Waals surface area contributed by atoms with Crippen LogP contribution in [0.5, 0.6) is 0 Å². The van der Waals surface area contributed by atoms with Crippen LogP contribution in [0.3, 0.4) is 0 Å². The molecular weight excluding hydrogens is 1230 g/mol. The number of carbonyl (C=O) groups excluding carboxylic acids is 2. The molecule has 0 spiro atoms. The Morgan fingerprint density at radius 2 is 0.885 bits per heavy atom. The molecule has 0 aliphatic heterocycles. The molecular formula is C65H63N21O10. The first-order valence-electron chi connectivity index (χ1n) is 28.7. The van der Waals surface area contributed by atoms with E-state index >= 15 is 0 Å². The lowest BCUT2D eigenvalue weighted by atomic mass is 10.1. The maximum atomic E-state index is 12.4. The molecule has 488 valence electrons. The highest BCUT2D eigenvalue weighted by molar-refractivity contribution is 6.05. The number of anilines is 7. The molecule has 31 nitrogen and oxygen atoms in total. The van der Waals surface area contributed by atoms with Crippen molar-refractivity contribution in [2.75, 3.05) is 45.5 Å². The van der Waals surface area contributed by atoms with Gasteiger partial charge in [-0.3, -0.25) is 29.8 Å². The fraction of sp³-hybridized carbons (Fsp3) is 0.108. The molecule has 0 saturated carbocycles. The first kappa shape index (κ1) is 68.2. The number of non-ortho nitro benzene ring substituents is 2. The lowest BCUT2D eigenvalue weighted by molar-refractivity contribution is -0.384. The highest BCUT2D eigenvalue weighted by Crippen LogP contribution is 2.25. The maximum absolute atomic E-state index is 12.4. The summed E-state index contributed by atoms with van der Waals surface area (Å²) in [7, 11) is 9.02. The van der Waals surface area contributed by atoms with Gasteiger partial charge in [-0.05, 0) is 126 Å². The Morgan fingerprint density at radius 3 is 1.32 bits per heavy atom. The lowest BCUT2D eigenvalue weighted by Gasteiger charge is -2.09. The van der Waals surface area contributed by atoms with Gasteiger partial charge in [-0.2, -0.15) is 0 Å². The van der Waals surface area contributed by atoms with Crippen LogP contribution in [0.4, 0.5) is 51.2 Å². The van der Waals surface area contributed by atoms with Gasteiger partial charge in [-0.1, -0.05) is 69.4 Å². The van der Waals surface area contributed by atoms with E-state index < -0.39 is 21.8 Å². The molecule has 0 bridgehead atoms. The zero-order valence-electron chi connectivity index (χ0n) is 52.0. The topological polar surface area (TPSA) is 444 Å². The Bertz CT molecular complexity index is 4900. The fourth-order valence-corrected chi connectivity index (χ4v) is 8.85. The number of hydrogen-bond donors (Lipinski definition) is 9. The molecule has 4 aromatic heterocycles. The number of nitro benzene ring substituents is 2. The van der Waals surface area contributed by atoms with Crippen molar-refractivity contribution in [3.8, 4) is 0 Å². The van der Waals surface area contributed by atoms with E-state index in [2.05, 4.69) is 62.5 Å².